The van der Waals surface area contributed by atoms with Gasteiger partial charge in [0.05, 0.1) is 25.7 Å². The number of allylic oxidation sites excluding steroid dienone is 1. The molecule has 2 N–H and O–H groups in total. The van der Waals surface area contributed by atoms with E-state index in [1.54, 1.807) is 0 Å². The van der Waals surface area contributed by atoms with Gasteiger partial charge in [-0.2, -0.15) is 0 Å². The standard InChI is InChI=1S/C41H66N2O7/c1-26(2)27(3)37(5)16-17-39(7)29-12-13-32-38(6)24-48-25-41(32,30(29)14-15-40(39,8)34(37)36(46)47)22-31(49-28(4)44)35(38)50-33(45)23-42-18-21-43-19-10-9-11-20-43/h14,26-27,29,31-32,34-35,42H,9-13,15-25H2,1-8H3,(H,46,47)/t27-,29+,31-,32+,34-,35+,37-,38+,39-,40+,41+/m1/s1. The van der Waals surface area contributed by atoms with E-state index in [-0.39, 0.29) is 52.5 Å². The average molecular weight is 699 g/mol. The normalized spacial score (nSPS) is 43.5. The highest BCUT2D eigenvalue weighted by Crippen LogP contribution is 2.75. The fourth-order valence-electron chi connectivity index (χ4n) is 12.9. The van der Waals surface area contributed by atoms with E-state index >= 15 is 0 Å². The molecule has 0 radical (unpaired) electrons. The fraction of sp³-hybridized carbons (Fsp3) is 0.878. The molecule has 0 spiro atoms. The van der Waals surface area contributed by atoms with Crippen LogP contribution in [0.15, 0.2) is 11.6 Å². The van der Waals surface area contributed by atoms with Crippen molar-refractivity contribution in [3.63, 3.8) is 0 Å². The third-order valence-electron chi connectivity index (χ3n) is 16.0. The van der Waals surface area contributed by atoms with E-state index in [2.05, 4.69) is 64.8 Å². The summed E-state index contributed by atoms with van der Waals surface area (Å²) in [5, 5.41) is 14.3. The highest BCUT2D eigenvalue weighted by Gasteiger charge is 2.72. The maximum atomic E-state index is 13.4. The molecule has 2 bridgehead atoms. The zero-order chi connectivity index (χ0) is 36.3. The molecule has 9 nitrogen and oxygen atoms in total. The summed E-state index contributed by atoms with van der Waals surface area (Å²) in [6.07, 6.45) is 10.0. The number of esters is 2. The number of carboxylic acid groups (broad SMARTS) is 1. The second-order valence-electron chi connectivity index (χ2n) is 18.7. The first kappa shape index (κ1) is 37.8. The molecule has 0 aromatic heterocycles. The van der Waals surface area contributed by atoms with Crippen molar-refractivity contribution in [2.75, 3.05) is 45.9 Å². The van der Waals surface area contributed by atoms with Crippen molar-refractivity contribution in [3.05, 3.63) is 11.6 Å². The van der Waals surface area contributed by atoms with Gasteiger partial charge in [-0.3, -0.25) is 14.4 Å². The van der Waals surface area contributed by atoms with Crippen LogP contribution in [-0.2, 0) is 28.6 Å². The molecule has 11 atom stereocenters. The Morgan fingerprint density at radius 3 is 2.38 bits per heavy atom. The second kappa shape index (κ2) is 13.8. The Morgan fingerprint density at radius 2 is 1.72 bits per heavy atom. The van der Waals surface area contributed by atoms with Crippen LogP contribution < -0.4 is 5.32 Å². The number of fused-ring (bicyclic) bond motifs is 3. The number of nitrogens with zero attached hydrogens (tertiary/aromatic N) is 1. The molecule has 0 aromatic rings. The lowest BCUT2D eigenvalue weighted by atomic mass is 9.34. The Hall–Kier alpha value is -1.97. The third kappa shape index (κ3) is 5.97. The van der Waals surface area contributed by atoms with Crippen LogP contribution in [0, 0.1) is 56.7 Å². The van der Waals surface area contributed by atoms with Gasteiger partial charge in [0.1, 0.15) is 12.2 Å². The highest BCUT2D eigenvalue weighted by atomic mass is 16.6. The van der Waals surface area contributed by atoms with Crippen LogP contribution in [0.2, 0.25) is 0 Å². The Labute approximate surface area is 301 Å². The summed E-state index contributed by atoms with van der Waals surface area (Å²) in [5.41, 5.74) is -0.425. The van der Waals surface area contributed by atoms with Gasteiger partial charge in [-0.1, -0.05) is 66.5 Å². The molecule has 0 aromatic carbocycles. The maximum Gasteiger partial charge on any atom is 0.320 e. The van der Waals surface area contributed by atoms with Crippen LogP contribution in [-0.4, -0.2) is 86.1 Å². The van der Waals surface area contributed by atoms with Crippen molar-refractivity contribution in [2.24, 2.45) is 56.7 Å². The van der Waals surface area contributed by atoms with Crippen LogP contribution >= 0.6 is 0 Å². The summed E-state index contributed by atoms with van der Waals surface area (Å²) in [7, 11) is 0. The zero-order valence-corrected chi connectivity index (χ0v) is 32.3. The lowest BCUT2D eigenvalue weighted by Gasteiger charge is -2.71. The number of aliphatic carboxylic acids is 1. The molecule has 6 rings (SSSR count). The van der Waals surface area contributed by atoms with E-state index in [0.29, 0.717) is 32.0 Å². The van der Waals surface area contributed by atoms with Crippen molar-refractivity contribution in [3.8, 4) is 0 Å². The summed E-state index contributed by atoms with van der Waals surface area (Å²) in [6, 6.07) is 0. The molecular weight excluding hydrogens is 632 g/mol. The van der Waals surface area contributed by atoms with E-state index in [1.807, 2.05) is 0 Å². The minimum atomic E-state index is -0.663. The van der Waals surface area contributed by atoms with Crippen LogP contribution in [0.3, 0.4) is 0 Å². The molecular formula is C41H66N2O7. The van der Waals surface area contributed by atoms with Crippen molar-refractivity contribution in [1.29, 1.82) is 0 Å². The number of likely N-dealkylation sites (tertiary alicyclic amines) is 1. The van der Waals surface area contributed by atoms with E-state index < -0.39 is 34.9 Å². The summed E-state index contributed by atoms with van der Waals surface area (Å²) in [4.78, 5) is 41.9. The average Bonchev–Trinajstić information content (AvgIpc) is 3.05. The Morgan fingerprint density at radius 1 is 1.00 bits per heavy atom. The Kier molecular flexibility index (Phi) is 10.4. The first-order valence-corrected chi connectivity index (χ1v) is 19.8. The number of ether oxygens (including phenoxy) is 3. The van der Waals surface area contributed by atoms with Gasteiger partial charge in [-0.15, -0.1) is 0 Å². The van der Waals surface area contributed by atoms with Crippen molar-refractivity contribution < 1.29 is 33.7 Å². The molecule has 50 heavy (non-hydrogen) atoms. The molecule has 2 heterocycles. The smallest absolute Gasteiger partial charge is 0.320 e. The summed E-state index contributed by atoms with van der Waals surface area (Å²) >= 11 is 0. The van der Waals surface area contributed by atoms with Crippen LogP contribution in [0.1, 0.15) is 113 Å². The second-order valence-corrected chi connectivity index (χ2v) is 18.7. The first-order chi connectivity index (χ1) is 23.5. The minimum Gasteiger partial charge on any atom is -0.481 e. The number of carbonyl (C=O) groups is 3. The van der Waals surface area contributed by atoms with E-state index in [1.165, 1.54) is 31.8 Å². The number of carboxylic acids is 1. The molecule has 9 heteroatoms. The quantitative estimate of drug-likeness (QED) is 0.150. The van der Waals surface area contributed by atoms with Crippen molar-refractivity contribution >= 4 is 17.9 Å². The summed E-state index contributed by atoms with van der Waals surface area (Å²) in [6.45, 7) is 22.2. The van der Waals surface area contributed by atoms with Crippen molar-refractivity contribution in [2.45, 2.75) is 125 Å². The molecule has 5 fully saturated rings. The molecule has 6 aliphatic rings. The minimum absolute atomic E-state index is 0.118. The van der Waals surface area contributed by atoms with Gasteiger partial charge in [-0.25, -0.2) is 0 Å². The van der Waals surface area contributed by atoms with Gasteiger partial charge in [0.25, 0.3) is 0 Å². The monoisotopic (exact) mass is 698 g/mol. The van der Waals surface area contributed by atoms with Gasteiger partial charge in [0.2, 0.25) is 0 Å². The number of piperidine rings is 1. The topological polar surface area (TPSA) is 114 Å². The van der Waals surface area contributed by atoms with E-state index in [4.69, 9.17) is 14.2 Å². The zero-order valence-electron chi connectivity index (χ0n) is 32.3. The van der Waals surface area contributed by atoms with Crippen LogP contribution in [0.25, 0.3) is 0 Å². The predicted molar refractivity (Wildman–Crippen MR) is 192 cm³/mol. The van der Waals surface area contributed by atoms with Crippen molar-refractivity contribution in [1.82, 2.24) is 10.2 Å². The molecule has 2 aliphatic heterocycles. The highest BCUT2D eigenvalue weighted by molar-refractivity contribution is 5.73. The van der Waals surface area contributed by atoms with Gasteiger partial charge in [0, 0.05) is 30.8 Å². The molecule has 3 saturated carbocycles. The van der Waals surface area contributed by atoms with E-state index in [0.717, 1.165) is 51.9 Å². The van der Waals surface area contributed by atoms with Crippen LogP contribution in [0.4, 0.5) is 0 Å². The third-order valence-corrected chi connectivity index (χ3v) is 16.0. The fourth-order valence-corrected chi connectivity index (χ4v) is 12.9. The van der Waals surface area contributed by atoms with Gasteiger partial charge < -0.3 is 29.5 Å². The summed E-state index contributed by atoms with van der Waals surface area (Å²) < 4.78 is 19.0. The lowest BCUT2D eigenvalue weighted by molar-refractivity contribution is -0.262. The number of carbonyl (C=O) groups excluding carboxylic acids is 2. The number of rotatable bonds is 10. The maximum absolute atomic E-state index is 13.4. The lowest BCUT2D eigenvalue weighted by Crippen LogP contribution is -2.70. The Bertz CT molecular complexity index is 1340. The largest absolute Gasteiger partial charge is 0.481 e. The molecule has 2 saturated heterocycles. The Balaban J connectivity index is 1.28. The molecule has 4 aliphatic carbocycles. The molecule has 0 amide bonds. The first-order valence-electron chi connectivity index (χ1n) is 19.8. The number of hydrogen-bond acceptors (Lipinski definition) is 8. The predicted octanol–water partition coefficient (Wildman–Crippen LogP) is 6.49. The van der Waals surface area contributed by atoms with Gasteiger partial charge >= 0.3 is 17.9 Å². The SMILES string of the molecule is CC(=O)O[C@@H]1C[C@@]23COC[C@@](C)([C@@H]2CC[C@H]2C3=CC[C@@]3(C)[C@H](C(=O)O)[C@@](C)([C@H](C)C(C)C)CC[C@]23C)[C@H]1OC(=O)CNCCN1CCCCC1. The van der Waals surface area contributed by atoms with Gasteiger partial charge in [0.15, 0.2) is 0 Å². The molecule has 0 unspecified atom stereocenters. The van der Waals surface area contributed by atoms with Crippen LogP contribution in [0.5, 0.6) is 0 Å². The molecule has 282 valence electrons. The summed E-state index contributed by atoms with van der Waals surface area (Å²) in [5.74, 6) is -0.717. The number of nitrogens with one attached hydrogen (secondary N) is 1. The van der Waals surface area contributed by atoms with E-state index in [9.17, 15) is 19.5 Å². The number of hydrogen-bond donors (Lipinski definition) is 2. The van der Waals surface area contributed by atoms with Gasteiger partial charge in [-0.05, 0) is 104 Å².